The van der Waals surface area contributed by atoms with Gasteiger partial charge in [-0.15, -0.1) is 0 Å². The smallest absolute Gasteiger partial charge is 0.262 e. The predicted molar refractivity (Wildman–Crippen MR) is 132 cm³/mol. The maximum absolute atomic E-state index is 14.1. The average molecular weight is 517 g/mol. The molecule has 5 rings (SSSR count). The average Bonchev–Trinajstić information content (AvgIpc) is 2.88. The van der Waals surface area contributed by atoms with Crippen molar-refractivity contribution in [1.82, 2.24) is 9.21 Å². The Morgan fingerprint density at radius 3 is 2.61 bits per heavy atom. The van der Waals surface area contributed by atoms with Crippen LogP contribution in [0.5, 0.6) is 5.75 Å². The van der Waals surface area contributed by atoms with Crippen molar-refractivity contribution >= 4 is 33.2 Å². The van der Waals surface area contributed by atoms with Crippen LogP contribution >= 0.6 is 0 Å². The maximum Gasteiger partial charge on any atom is 0.262 e. The largest absolute Gasteiger partial charge is 0.482 e. The standard InChI is InChI=1S/C25H29FN4O5S/c1-17-13-20-22(35-16-24(31)27-20)14-23(17)36(33,34)30-8-4-5-18(15-30)25(32)29-11-9-28(10-12-29)21-7-3-2-6-19(21)26/h2-3,6-7,13-14,18H,4-5,8-12,15-16H2,1H3,(H,27,31). The zero-order valence-corrected chi connectivity index (χ0v) is 20.9. The summed E-state index contributed by atoms with van der Waals surface area (Å²) in [5.41, 5.74) is 1.48. The molecule has 1 atom stereocenters. The molecular weight excluding hydrogens is 487 g/mol. The molecule has 0 aromatic heterocycles. The van der Waals surface area contributed by atoms with Gasteiger partial charge in [0.2, 0.25) is 15.9 Å². The van der Waals surface area contributed by atoms with E-state index in [1.54, 1.807) is 36.1 Å². The Hall–Kier alpha value is -3.18. The molecule has 0 spiro atoms. The van der Waals surface area contributed by atoms with Gasteiger partial charge in [0.15, 0.2) is 6.61 Å². The number of ether oxygens (including phenoxy) is 1. The fraction of sp³-hybridized carbons (Fsp3) is 0.440. The van der Waals surface area contributed by atoms with Crippen molar-refractivity contribution in [3.05, 3.63) is 47.8 Å². The van der Waals surface area contributed by atoms with Gasteiger partial charge in [-0.25, -0.2) is 12.8 Å². The van der Waals surface area contributed by atoms with E-state index in [1.165, 1.54) is 16.4 Å². The molecule has 2 amide bonds. The quantitative estimate of drug-likeness (QED) is 0.669. The number of nitrogens with zero attached hydrogens (tertiary/aromatic N) is 3. The van der Waals surface area contributed by atoms with Gasteiger partial charge in [-0.1, -0.05) is 12.1 Å². The second-order valence-electron chi connectivity index (χ2n) is 9.42. The molecule has 36 heavy (non-hydrogen) atoms. The molecule has 11 heteroatoms. The second kappa shape index (κ2) is 9.70. The number of carbonyl (C=O) groups excluding carboxylic acids is 2. The molecule has 2 aromatic carbocycles. The lowest BCUT2D eigenvalue weighted by atomic mass is 9.97. The van der Waals surface area contributed by atoms with Crippen LogP contribution < -0.4 is 15.0 Å². The number of hydrogen-bond acceptors (Lipinski definition) is 6. The van der Waals surface area contributed by atoms with Gasteiger partial charge in [0, 0.05) is 45.3 Å². The number of para-hydroxylation sites is 1. The summed E-state index contributed by atoms with van der Waals surface area (Å²) in [7, 11) is -3.87. The molecule has 0 aliphatic carbocycles. The van der Waals surface area contributed by atoms with Crippen LogP contribution in [-0.2, 0) is 19.6 Å². The minimum atomic E-state index is -3.87. The first-order chi connectivity index (χ1) is 17.2. The molecule has 9 nitrogen and oxygen atoms in total. The number of piperazine rings is 1. The molecule has 3 aliphatic rings. The molecule has 0 radical (unpaired) electrons. The Bertz CT molecular complexity index is 1290. The lowest BCUT2D eigenvalue weighted by molar-refractivity contribution is -0.137. The van der Waals surface area contributed by atoms with E-state index in [0.717, 1.165) is 0 Å². The fourth-order valence-corrected chi connectivity index (χ4v) is 6.88. The van der Waals surface area contributed by atoms with E-state index >= 15 is 0 Å². The molecule has 0 saturated carbocycles. The SMILES string of the molecule is Cc1cc2c(cc1S(=O)(=O)N1CCCC(C(=O)N3CCN(c4ccccc4F)CC3)C1)OCC(=O)N2. The first kappa shape index (κ1) is 24.5. The summed E-state index contributed by atoms with van der Waals surface area (Å²) in [4.78, 5) is 28.7. The number of carbonyl (C=O) groups is 2. The van der Waals surface area contributed by atoms with E-state index in [2.05, 4.69) is 5.32 Å². The number of sulfonamides is 1. The number of anilines is 2. The summed E-state index contributed by atoms with van der Waals surface area (Å²) >= 11 is 0. The first-order valence-corrected chi connectivity index (χ1v) is 13.5. The number of aryl methyl sites for hydroxylation is 1. The van der Waals surface area contributed by atoms with Crippen LogP contribution in [-0.4, -0.2) is 75.3 Å². The van der Waals surface area contributed by atoms with Crippen LogP contribution in [0.25, 0.3) is 0 Å². The molecule has 3 heterocycles. The molecule has 3 aliphatic heterocycles. The van der Waals surface area contributed by atoms with Crippen molar-refractivity contribution in [2.24, 2.45) is 5.92 Å². The summed E-state index contributed by atoms with van der Waals surface area (Å²) in [6.45, 7) is 3.92. The summed E-state index contributed by atoms with van der Waals surface area (Å²) in [5.74, 6) is -0.741. The molecule has 192 valence electrons. The lowest BCUT2D eigenvalue weighted by Gasteiger charge is -2.39. The number of fused-ring (bicyclic) bond motifs is 1. The van der Waals surface area contributed by atoms with Gasteiger partial charge >= 0.3 is 0 Å². The number of nitrogens with one attached hydrogen (secondary N) is 1. The van der Waals surface area contributed by atoms with Gasteiger partial charge in [-0.05, 0) is 43.5 Å². The van der Waals surface area contributed by atoms with Crippen LogP contribution in [0.2, 0.25) is 0 Å². The highest BCUT2D eigenvalue weighted by Gasteiger charge is 2.37. The normalized spacial score (nSPS) is 20.9. The van der Waals surface area contributed by atoms with Crippen LogP contribution in [0.3, 0.4) is 0 Å². The second-order valence-corrected chi connectivity index (χ2v) is 11.3. The molecule has 2 saturated heterocycles. The third-order valence-electron chi connectivity index (χ3n) is 7.05. The topological polar surface area (TPSA) is 99.3 Å². The van der Waals surface area contributed by atoms with Gasteiger partial charge in [-0.2, -0.15) is 4.31 Å². The Balaban J connectivity index is 1.27. The van der Waals surface area contributed by atoms with Gasteiger partial charge in [0.05, 0.1) is 22.2 Å². The van der Waals surface area contributed by atoms with Crippen LogP contribution in [0, 0.1) is 18.7 Å². The monoisotopic (exact) mass is 516 g/mol. The number of rotatable bonds is 4. The Morgan fingerprint density at radius 2 is 1.86 bits per heavy atom. The van der Waals surface area contributed by atoms with Crippen LogP contribution in [0.1, 0.15) is 18.4 Å². The third-order valence-corrected chi connectivity index (χ3v) is 9.05. The van der Waals surface area contributed by atoms with Crippen molar-refractivity contribution in [3.63, 3.8) is 0 Å². The Morgan fingerprint density at radius 1 is 1.11 bits per heavy atom. The molecule has 2 aromatic rings. The summed E-state index contributed by atoms with van der Waals surface area (Å²) < 4.78 is 48.0. The summed E-state index contributed by atoms with van der Waals surface area (Å²) in [6, 6.07) is 9.65. The predicted octanol–water partition coefficient (Wildman–Crippen LogP) is 2.21. The zero-order chi connectivity index (χ0) is 25.4. The van der Waals surface area contributed by atoms with E-state index in [0.29, 0.717) is 68.3 Å². The maximum atomic E-state index is 14.1. The summed E-state index contributed by atoms with van der Waals surface area (Å²) in [5, 5.41) is 2.69. The van der Waals surface area contributed by atoms with Gasteiger partial charge in [0.25, 0.3) is 5.91 Å². The van der Waals surface area contributed by atoms with Crippen molar-refractivity contribution in [3.8, 4) is 5.75 Å². The van der Waals surface area contributed by atoms with Gasteiger partial charge in [-0.3, -0.25) is 9.59 Å². The third kappa shape index (κ3) is 4.64. The molecule has 0 bridgehead atoms. The van der Waals surface area contributed by atoms with Crippen molar-refractivity contribution in [2.45, 2.75) is 24.7 Å². The van der Waals surface area contributed by atoms with E-state index < -0.39 is 15.9 Å². The number of benzene rings is 2. The van der Waals surface area contributed by atoms with Crippen molar-refractivity contribution in [1.29, 1.82) is 0 Å². The van der Waals surface area contributed by atoms with Gasteiger partial charge < -0.3 is 19.9 Å². The van der Waals surface area contributed by atoms with Crippen LogP contribution in [0.4, 0.5) is 15.8 Å². The fourth-order valence-electron chi connectivity index (χ4n) is 5.13. The Kier molecular flexibility index (Phi) is 6.60. The number of piperidine rings is 1. The van der Waals surface area contributed by atoms with Crippen LogP contribution in [0.15, 0.2) is 41.3 Å². The zero-order valence-electron chi connectivity index (χ0n) is 20.1. The van der Waals surface area contributed by atoms with Gasteiger partial charge in [0.1, 0.15) is 11.6 Å². The number of hydrogen-bond donors (Lipinski definition) is 1. The van der Waals surface area contributed by atoms with Crippen molar-refractivity contribution < 1.29 is 27.1 Å². The number of amides is 2. The number of halogens is 1. The summed E-state index contributed by atoms with van der Waals surface area (Å²) in [6.07, 6.45) is 1.21. The minimum absolute atomic E-state index is 0.0590. The highest BCUT2D eigenvalue weighted by molar-refractivity contribution is 7.89. The van der Waals surface area contributed by atoms with E-state index in [9.17, 15) is 22.4 Å². The molecular formula is C25H29FN4O5S. The molecule has 1 N–H and O–H groups in total. The first-order valence-electron chi connectivity index (χ1n) is 12.1. The van der Waals surface area contributed by atoms with E-state index in [-0.39, 0.29) is 35.7 Å². The van der Waals surface area contributed by atoms with Crippen molar-refractivity contribution in [2.75, 3.05) is 56.1 Å². The highest BCUT2D eigenvalue weighted by atomic mass is 32.2. The minimum Gasteiger partial charge on any atom is -0.482 e. The van der Waals surface area contributed by atoms with E-state index in [4.69, 9.17) is 4.74 Å². The lowest BCUT2D eigenvalue weighted by Crippen LogP contribution is -2.53. The highest BCUT2D eigenvalue weighted by Crippen LogP contribution is 2.35. The Labute approximate surface area is 209 Å². The molecule has 1 unspecified atom stereocenters. The molecule has 2 fully saturated rings. The van der Waals surface area contributed by atoms with E-state index in [1.807, 2.05) is 4.90 Å².